The Bertz CT molecular complexity index is 912. The lowest BCUT2D eigenvalue weighted by molar-refractivity contribution is -0.274. The smallest absolute Gasteiger partial charge is 0.406 e. The first-order chi connectivity index (χ1) is 14.6. The van der Waals surface area contributed by atoms with Crippen molar-refractivity contribution in [2.75, 3.05) is 24.3 Å². The highest BCUT2D eigenvalue weighted by Crippen LogP contribution is 2.25. The van der Waals surface area contributed by atoms with Crippen molar-refractivity contribution in [3.05, 3.63) is 41.7 Å². The number of rotatable bonds is 6. The van der Waals surface area contributed by atoms with E-state index in [1.165, 1.54) is 12.1 Å². The Morgan fingerprint density at radius 3 is 2.42 bits per heavy atom. The number of alkyl halides is 3. The molecule has 0 saturated heterocycles. The number of anilines is 2. The second kappa shape index (κ2) is 9.40. The molecule has 0 unspecified atom stereocenters. The average molecular weight is 437 g/mol. The number of carbonyl (C=O) groups excluding carboxylic acids is 1. The van der Waals surface area contributed by atoms with Gasteiger partial charge in [0.05, 0.1) is 0 Å². The SMILES string of the molecule is Cc1nc(NC2CCC(NC(=O)c3cccc(OC(F)(F)F)c3)CC2)cc(N(C)C)n1. The van der Waals surface area contributed by atoms with Crippen LogP contribution < -0.4 is 20.3 Å². The number of nitrogens with one attached hydrogen (secondary N) is 2. The largest absolute Gasteiger partial charge is 0.573 e. The fourth-order valence-corrected chi connectivity index (χ4v) is 3.55. The highest BCUT2D eigenvalue weighted by atomic mass is 19.4. The van der Waals surface area contributed by atoms with Crippen molar-refractivity contribution >= 4 is 17.5 Å². The molecule has 0 spiro atoms. The predicted octanol–water partition coefficient (Wildman–Crippen LogP) is 3.90. The van der Waals surface area contributed by atoms with Crippen LogP contribution in [0, 0.1) is 6.92 Å². The fraction of sp³-hybridized carbons (Fsp3) is 0.476. The molecule has 2 N–H and O–H groups in total. The van der Waals surface area contributed by atoms with Crippen LogP contribution in [-0.4, -0.2) is 48.4 Å². The molecule has 1 fully saturated rings. The molecular weight excluding hydrogens is 411 g/mol. The lowest BCUT2D eigenvalue weighted by atomic mass is 9.91. The zero-order valence-corrected chi connectivity index (χ0v) is 17.7. The summed E-state index contributed by atoms with van der Waals surface area (Å²) in [4.78, 5) is 23.2. The van der Waals surface area contributed by atoms with Crippen molar-refractivity contribution in [2.24, 2.45) is 0 Å². The van der Waals surface area contributed by atoms with Gasteiger partial charge < -0.3 is 20.3 Å². The molecule has 3 rings (SSSR count). The van der Waals surface area contributed by atoms with E-state index in [4.69, 9.17) is 0 Å². The molecule has 1 aliphatic carbocycles. The van der Waals surface area contributed by atoms with E-state index < -0.39 is 18.0 Å². The molecule has 0 atom stereocenters. The van der Waals surface area contributed by atoms with E-state index in [9.17, 15) is 18.0 Å². The van der Waals surface area contributed by atoms with E-state index in [1.54, 1.807) is 0 Å². The number of benzene rings is 1. The number of ether oxygens (including phenoxy) is 1. The molecule has 1 saturated carbocycles. The Hall–Kier alpha value is -3.04. The van der Waals surface area contributed by atoms with Crippen LogP contribution in [0.4, 0.5) is 24.8 Å². The molecule has 1 amide bonds. The first-order valence-electron chi connectivity index (χ1n) is 10.1. The molecule has 0 bridgehead atoms. The lowest BCUT2D eigenvalue weighted by Gasteiger charge is -2.30. The van der Waals surface area contributed by atoms with Crippen LogP contribution in [0.2, 0.25) is 0 Å². The molecule has 10 heteroatoms. The summed E-state index contributed by atoms with van der Waals surface area (Å²) in [7, 11) is 3.84. The Kier molecular flexibility index (Phi) is 6.87. The highest BCUT2D eigenvalue weighted by Gasteiger charge is 2.31. The van der Waals surface area contributed by atoms with Gasteiger partial charge >= 0.3 is 6.36 Å². The van der Waals surface area contributed by atoms with Crippen LogP contribution >= 0.6 is 0 Å². The third kappa shape index (κ3) is 6.73. The van der Waals surface area contributed by atoms with Gasteiger partial charge in [-0.15, -0.1) is 13.2 Å². The van der Waals surface area contributed by atoms with E-state index in [1.807, 2.05) is 32.0 Å². The van der Waals surface area contributed by atoms with E-state index in [-0.39, 0.29) is 17.6 Å². The number of halogens is 3. The topological polar surface area (TPSA) is 79.4 Å². The predicted molar refractivity (Wildman–Crippen MR) is 111 cm³/mol. The Morgan fingerprint density at radius 1 is 1.10 bits per heavy atom. The fourth-order valence-electron chi connectivity index (χ4n) is 3.55. The monoisotopic (exact) mass is 437 g/mol. The van der Waals surface area contributed by atoms with Gasteiger partial charge in [-0.2, -0.15) is 0 Å². The molecule has 31 heavy (non-hydrogen) atoms. The standard InChI is InChI=1S/C21H26F3N5O2/c1-13-25-18(12-19(26-13)29(2)3)27-15-7-9-16(10-8-15)28-20(30)14-5-4-6-17(11-14)31-21(22,23)24/h4-6,11-12,15-16H,7-10H2,1-3H3,(H,28,30)(H,25,26,27). The van der Waals surface area contributed by atoms with Gasteiger partial charge in [-0.3, -0.25) is 4.79 Å². The first-order valence-corrected chi connectivity index (χ1v) is 10.1. The van der Waals surface area contributed by atoms with Crippen LogP contribution in [0.1, 0.15) is 41.9 Å². The van der Waals surface area contributed by atoms with Gasteiger partial charge in [0.2, 0.25) is 0 Å². The van der Waals surface area contributed by atoms with E-state index in [0.717, 1.165) is 49.5 Å². The van der Waals surface area contributed by atoms with Crippen molar-refractivity contribution in [1.82, 2.24) is 15.3 Å². The van der Waals surface area contributed by atoms with Gasteiger partial charge in [-0.05, 0) is 50.8 Å². The number of hydrogen-bond donors (Lipinski definition) is 2. The van der Waals surface area contributed by atoms with Gasteiger partial charge in [-0.1, -0.05) is 6.07 Å². The zero-order valence-electron chi connectivity index (χ0n) is 17.7. The maximum atomic E-state index is 12.5. The molecule has 2 aromatic rings. The molecule has 1 aromatic heterocycles. The number of aryl methyl sites for hydroxylation is 1. The molecule has 0 aliphatic heterocycles. The van der Waals surface area contributed by atoms with Gasteiger partial charge in [0, 0.05) is 37.8 Å². The summed E-state index contributed by atoms with van der Waals surface area (Å²) >= 11 is 0. The number of amides is 1. The second-order valence-corrected chi connectivity index (χ2v) is 7.80. The first kappa shape index (κ1) is 22.6. The highest BCUT2D eigenvalue weighted by molar-refractivity contribution is 5.94. The number of nitrogens with zero attached hydrogens (tertiary/aromatic N) is 3. The van der Waals surface area contributed by atoms with E-state index in [2.05, 4.69) is 25.3 Å². The second-order valence-electron chi connectivity index (χ2n) is 7.80. The Balaban J connectivity index is 1.52. The molecule has 1 aromatic carbocycles. The van der Waals surface area contributed by atoms with Crippen molar-refractivity contribution in [2.45, 2.75) is 51.1 Å². The van der Waals surface area contributed by atoms with Crippen LogP contribution in [-0.2, 0) is 0 Å². The Labute approximate surface area is 179 Å². The van der Waals surface area contributed by atoms with E-state index >= 15 is 0 Å². The summed E-state index contributed by atoms with van der Waals surface area (Å²) in [6, 6.07) is 7.17. The number of carbonyl (C=O) groups is 1. The minimum atomic E-state index is -4.80. The maximum Gasteiger partial charge on any atom is 0.573 e. The minimum Gasteiger partial charge on any atom is -0.406 e. The third-order valence-electron chi connectivity index (χ3n) is 5.03. The summed E-state index contributed by atoms with van der Waals surface area (Å²) in [5.41, 5.74) is 0.134. The van der Waals surface area contributed by atoms with Crippen molar-refractivity contribution in [3.63, 3.8) is 0 Å². The van der Waals surface area contributed by atoms with Gasteiger partial charge in [0.25, 0.3) is 5.91 Å². The number of aromatic nitrogens is 2. The van der Waals surface area contributed by atoms with Gasteiger partial charge in [0.1, 0.15) is 23.2 Å². The summed E-state index contributed by atoms with van der Waals surface area (Å²) in [5.74, 6) is 1.46. The van der Waals surface area contributed by atoms with Crippen molar-refractivity contribution in [3.8, 4) is 5.75 Å². The zero-order chi connectivity index (χ0) is 22.6. The molecule has 7 nitrogen and oxygen atoms in total. The van der Waals surface area contributed by atoms with Crippen molar-refractivity contribution < 1.29 is 22.7 Å². The van der Waals surface area contributed by atoms with Crippen molar-refractivity contribution in [1.29, 1.82) is 0 Å². The summed E-state index contributed by atoms with van der Waals surface area (Å²) in [6.45, 7) is 1.85. The molecule has 1 heterocycles. The lowest BCUT2D eigenvalue weighted by Crippen LogP contribution is -2.40. The minimum absolute atomic E-state index is 0.0396. The van der Waals surface area contributed by atoms with E-state index in [0.29, 0.717) is 5.82 Å². The third-order valence-corrected chi connectivity index (χ3v) is 5.03. The molecule has 0 radical (unpaired) electrons. The molecule has 168 valence electrons. The number of hydrogen-bond acceptors (Lipinski definition) is 6. The molecular formula is C21H26F3N5O2. The maximum absolute atomic E-state index is 12.5. The normalized spacial score (nSPS) is 18.9. The summed E-state index contributed by atoms with van der Waals surface area (Å²) in [5, 5.41) is 6.35. The molecule has 1 aliphatic rings. The Morgan fingerprint density at radius 2 is 1.77 bits per heavy atom. The average Bonchev–Trinajstić information content (AvgIpc) is 2.68. The van der Waals surface area contributed by atoms with Gasteiger partial charge in [-0.25, -0.2) is 9.97 Å². The van der Waals surface area contributed by atoms with Crippen LogP contribution in [0.25, 0.3) is 0 Å². The quantitative estimate of drug-likeness (QED) is 0.714. The van der Waals surface area contributed by atoms with Gasteiger partial charge in [0.15, 0.2) is 0 Å². The van der Waals surface area contributed by atoms with Crippen LogP contribution in [0.5, 0.6) is 5.75 Å². The van der Waals surface area contributed by atoms with Crippen LogP contribution in [0.15, 0.2) is 30.3 Å². The van der Waals surface area contributed by atoms with Crippen LogP contribution in [0.3, 0.4) is 0 Å². The summed E-state index contributed by atoms with van der Waals surface area (Å²) < 4.78 is 41.0. The summed E-state index contributed by atoms with van der Waals surface area (Å²) in [6.07, 6.45) is -1.61.